The Kier molecular flexibility index (Phi) is 5.03. The molecule has 2 heterocycles. The number of Topliss-reactive ketones (excluding diaryl/α,β-unsaturated/α-hetero) is 1. The summed E-state index contributed by atoms with van der Waals surface area (Å²) in [5, 5.41) is 0. The molecule has 0 radical (unpaired) electrons. The van der Waals surface area contributed by atoms with Gasteiger partial charge in [0.2, 0.25) is 11.8 Å². The molecule has 1 aromatic heterocycles. The number of anilines is 1. The minimum Gasteiger partial charge on any atom is -0.469 e. The van der Waals surface area contributed by atoms with Gasteiger partial charge in [0.1, 0.15) is 5.82 Å². The van der Waals surface area contributed by atoms with Crippen LogP contribution in [-0.2, 0) is 6.42 Å². The van der Waals surface area contributed by atoms with Gasteiger partial charge in [0, 0.05) is 30.4 Å². The number of aromatic nitrogens is 2. The van der Waals surface area contributed by atoms with E-state index in [0.29, 0.717) is 17.4 Å². The highest BCUT2D eigenvalue weighted by Crippen LogP contribution is 2.20. The second kappa shape index (κ2) is 7.38. The van der Waals surface area contributed by atoms with E-state index in [1.807, 2.05) is 6.92 Å². The first-order valence-electron chi connectivity index (χ1n) is 8.20. The van der Waals surface area contributed by atoms with E-state index < -0.39 is 0 Å². The van der Waals surface area contributed by atoms with Crippen molar-refractivity contribution in [3.63, 3.8) is 0 Å². The van der Waals surface area contributed by atoms with Crippen LogP contribution >= 0.6 is 0 Å². The average molecular weight is 329 g/mol. The Bertz CT molecular complexity index is 713. The van der Waals surface area contributed by atoms with E-state index in [9.17, 15) is 9.18 Å². The van der Waals surface area contributed by atoms with Gasteiger partial charge in [-0.3, -0.25) is 4.79 Å². The highest BCUT2D eigenvalue weighted by Gasteiger charge is 2.17. The Morgan fingerprint density at radius 3 is 2.58 bits per heavy atom. The van der Waals surface area contributed by atoms with Crippen LogP contribution in [0.2, 0.25) is 0 Å². The van der Waals surface area contributed by atoms with E-state index >= 15 is 0 Å². The van der Waals surface area contributed by atoms with Gasteiger partial charge in [0.05, 0.1) is 0 Å². The molecule has 0 amide bonds. The number of rotatable bonds is 6. The first kappa shape index (κ1) is 16.4. The second-order valence-electron chi connectivity index (χ2n) is 5.76. The summed E-state index contributed by atoms with van der Waals surface area (Å²) < 4.78 is 18.5. The van der Waals surface area contributed by atoms with Crippen LogP contribution in [0.25, 0.3) is 0 Å². The molecule has 0 bridgehead atoms. The van der Waals surface area contributed by atoms with Gasteiger partial charge >= 0.3 is 0 Å². The van der Waals surface area contributed by atoms with Crippen molar-refractivity contribution in [2.45, 2.75) is 26.2 Å². The molecular weight excluding hydrogens is 309 g/mol. The molecule has 1 aromatic carbocycles. The van der Waals surface area contributed by atoms with Crippen LogP contribution in [0.3, 0.4) is 0 Å². The standard InChI is InChI=1S/C18H20FN3O2/c1-2-15-11-17(21-18(20-15)22-9-3-4-10-22)24-12-16(23)13-5-7-14(19)8-6-13/h5-8,11H,2-4,9-10,12H2,1H3. The third-order valence-electron chi connectivity index (χ3n) is 4.01. The van der Waals surface area contributed by atoms with E-state index in [1.54, 1.807) is 6.07 Å². The van der Waals surface area contributed by atoms with E-state index in [-0.39, 0.29) is 18.2 Å². The summed E-state index contributed by atoms with van der Waals surface area (Å²) in [4.78, 5) is 23.2. The van der Waals surface area contributed by atoms with E-state index in [1.165, 1.54) is 24.3 Å². The number of benzene rings is 1. The lowest BCUT2D eigenvalue weighted by atomic mass is 10.1. The molecule has 0 aliphatic carbocycles. The largest absolute Gasteiger partial charge is 0.469 e. The number of aryl methyl sites for hydroxylation is 1. The number of hydrogen-bond acceptors (Lipinski definition) is 5. The zero-order valence-electron chi connectivity index (χ0n) is 13.7. The van der Waals surface area contributed by atoms with Crippen LogP contribution in [0.15, 0.2) is 30.3 Å². The molecular formula is C18H20FN3O2. The third kappa shape index (κ3) is 3.88. The number of halogens is 1. The van der Waals surface area contributed by atoms with Crippen molar-refractivity contribution in [2.75, 3.05) is 24.6 Å². The Morgan fingerprint density at radius 2 is 1.92 bits per heavy atom. The number of ether oxygens (including phenoxy) is 1. The summed E-state index contributed by atoms with van der Waals surface area (Å²) in [5.74, 6) is 0.482. The van der Waals surface area contributed by atoms with Gasteiger partial charge in [-0.1, -0.05) is 6.92 Å². The van der Waals surface area contributed by atoms with Crippen molar-refractivity contribution in [1.29, 1.82) is 0 Å². The van der Waals surface area contributed by atoms with Gasteiger partial charge in [-0.15, -0.1) is 0 Å². The van der Waals surface area contributed by atoms with Gasteiger partial charge in [-0.2, -0.15) is 4.98 Å². The molecule has 0 N–H and O–H groups in total. The van der Waals surface area contributed by atoms with E-state index in [0.717, 1.165) is 38.0 Å². The first-order valence-corrected chi connectivity index (χ1v) is 8.20. The minimum atomic E-state index is -0.369. The highest BCUT2D eigenvalue weighted by atomic mass is 19.1. The summed E-state index contributed by atoms with van der Waals surface area (Å²) in [7, 11) is 0. The molecule has 24 heavy (non-hydrogen) atoms. The number of ketones is 1. The van der Waals surface area contributed by atoms with Crippen molar-refractivity contribution < 1.29 is 13.9 Å². The lowest BCUT2D eigenvalue weighted by Crippen LogP contribution is -2.21. The number of carbonyl (C=O) groups excluding carboxylic acids is 1. The van der Waals surface area contributed by atoms with Gasteiger partial charge in [-0.25, -0.2) is 9.37 Å². The quantitative estimate of drug-likeness (QED) is 0.763. The van der Waals surface area contributed by atoms with Crippen molar-refractivity contribution >= 4 is 11.7 Å². The molecule has 1 saturated heterocycles. The minimum absolute atomic E-state index is 0.134. The molecule has 1 fully saturated rings. The van der Waals surface area contributed by atoms with Crippen LogP contribution in [0, 0.1) is 5.82 Å². The molecule has 2 aromatic rings. The van der Waals surface area contributed by atoms with Gasteiger partial charge < -0.3 is 9.64 Å². The summed E-state index contributed by atoms with van der Waals surface area (Å²) >= 11 is 0. The summed E-state index contributed by atoms with van der Waals surface area (Å²) in [6.07, 6.45) is 3.05. The Hall–Kier alpha value is -2.50. The lowest BCUT2D eigenvalue weighted by Gasteiger charge is -2.17. The van der Waals surface area contributed by atoms with Crippen molar-refractivity contribution in [1.82, 2.24) is 9.97 Å². The molecule has 5 nitrogen and oxygen atoms in total. The molecule has 3 rings (SSSR count). The normalized spacial score (nSPS) is 14.0. The van der Waals surface area contributed by atoms with Crippen LogP contribution in [0.1, 0.15) is 35.8 Å². The molecule has 0 spiro atoms. The maximum Gasteiger partial charge on any atom is 0.228 e. The molecule has 0 atom stereocenters. The zero-order valence-corrected chi connectivity index (χ0v) is 13.7. The number of carbonyl (C=O) groups is 1. The molecule has 1 aliphatic rings. The van der Waals surface area contributed by atoms with Crippen molar-refractivity contribution in [2.24, 2.45) is 0 Å². The van der Waals surface area contributed by atoms with Crippen LogP contribution in [-0.4, -0.2) is 35.4 Å². The van der Waals surface area contributed by atoms with Crippen LogP contribution in [0.5, 0.6) is 5.88 Å². The fraction of sp³-hybridized carbons (Fsp3) is 0.389. The van der Waals surface area contributed by atoms with Crippen molar-refractivity contribution in [3.05, 3.63) is 47.4 Å². The van der Waals surface area contributed by atoms with Gasteiger partial charge in [0.25, 0.3) is 0 Å². The fourth-order valence-electron chi connectivity index (χ4n) is 2.63. The van der Waals surface area contributed by atoms with E-state index in [2.05, 4.69) is 14.9 Å². The Balaban J connectivity index is 1.70. The monoisotopic (exact) mass is 329 g/mol. The molecule has 126 valence electrons. The highest BCUT2D eigenvalue weighted by molar-refractivity contribution is 5.97. The molecule has 1 aliphatic heterocycles. The Morgan fingerprint density at radius 1 is 1.21 bits per heavy atom. The predicted octanol–water partition coefficient (Wildman–Crippen LogP) is 3.04. The SMILES string of the molecule is CCc1cc(OCC(=O)c2ccc(F)cc2)nc(N2CCCC2)n1. The lowest BCUT2D eigenvalue weighted by molar-refractivity contribution is 0.0918. The van der Waals surface area contributed by atoms with E-state index in [4.69, 9.17) is 4.74 Å². The molecule has 6 heteroatoms. The third-order valence-corrected chi connectivity index (χ3v) is 4.01. The van der Waals surface area contributed by atoms with Gasteiger partial charge in [0.15, 0.2) is 12.4 Å². The molecule has 0 unspecified atom stereocenters. The summed E-state index contributed by atoms with van der Waals surface area (Å²) in [6.45, 7) is 3.77. The number of nitrogens with zero attached hydrogens (tertiary/aromatic N) is 3. The predicted molar refractivity (Wildman–Crippen MR) is 89.1 cm³/mol. The maximum atomic E-state index is 12.9. The average Bonchev–Trinajstić information content (AvgIpc) is 3.14. The Labute approximate surface area is 140 Å². The maximum absolute atomic E-state index is 12.9. The van der Waals surface area contributed by atoms with Gasteiger partial charge in [-0.05, 0) is 43.5 Å². The topological polar surface area (TPSA) is 55.3 Å². The first-order chi connectivity index (χ1) is 11.7. The second-order valence-corrected chi connectivity index (χ2v) is 5.76. The van der Waals surface area contributed by atoms with Crippen molar-refractivity contribution in [3.8, 4) is 5.88 Å². The van der Waals surface area contributed by atoms with Crippen LogP contribution in [0.4, 0.5) is 10.3 Å². The smallest absolute Gasteiger partial charge is 0.228 e. The summed E-state index contributed by atoms with van der Waals surface area (Å²) in [6, 6.07) is 7.19. The van der Waals surface area contributed by atoms with Crippen LogP contribution < -0.4 is 9.64 Å². The zero-order chi connectivity index (χ0) is 16.9. The summed E-state index contributed by atoms with van der Waals surface area (Å²) in [5.41, 5.74) is 1.30. The number of hydrogen-bond donors (Lipinski definition) is 0. The fourth-order valence-corrected chi connectivity index (χ4v) is 2.63. The molecule has 0 saturated carbocycles.